The first kappa shape index (κ1) is 26.6. The fraction of sp³-hybridized carbons (Fsp3) is 0.267. The van der Waals surface area contributed by atoms with Crippen LogP contribution in [0.1, 0.15) is 36.6 Å². The van der Waals surface area contributed by atoms with Gasteiger partial charge < -0.3 is 19.6 Å². The van der Waals surface area contributed by atoms with Crippen LogP contribution in [0.3, 0.4) is 0 Å². The van der Waals surface area contributed by atoms with Crippen molar-refractivity contribution in [3.05, 3.63) is 106 Å². The summed E-state index contributed by atoms with van der Waals surface area (Å²) < 4.78 is 6.77. The number of nitrogens with zero attached hydrogens (tertiary/aromatic N) is 2. The summed E-state index contributed by atoms with van der Waals surface area (Å²) in [6.07, 6.45) is 0. The first-order valence-electron chi connectivity index (χ1n) is 12.5. The zero-order valence-electron chi connectivity index (χ0n) is 21.1. The normalized spacial score (nSPS) is 17.0. The van der Waals surface area contributed by atoms with Crippen LogP contribution in [0.5, 0.6) is 5.75 Å². The van der Waals surface area contributed by atoms with Crippen molar-refractivity contribution in [1.29, 1.82) is 0 Å². The quantitative estimate of drug-likeness (QED) is 0.192. The average Bonchev–Trinajstić information content (AvgIpc) is 3.18. The molecule has 1 saturated heterocycles. The number of hydrogen-bond donors (Lipinski definition) is 1. The maximum Gasteiger partial charge on any atom is 0.295 e. The number of ether oxygens (including phenoxy) is 1. The summed E-state index contributed by atoms with van der Waals surface area (Å²) >= 11 is 3.40. The largest absolute Gasteiger partial charge is 0.507 e. The van der Waals surface area contributed by atoms with Crippen molar-refractivity contribution in [2.75, 3.05) is 26.2 Å². The lowest BCUT2D eigenvalue weighted by molar-refractivity contribution is -0.140. The third kappa shape index (κ3) is 6.12. The van der Waals surface area contributed by atoms with Gasteiger partial charge in [-0.3, -0.25) is 9.59 Å². The molecule has 1 unspecified atom stereocenters. The van der Waals surface area contributed by atoms with Gasteiger partial charge >= 0.3 is 0 Å². The van der Waals surface area contributed by atoms with E-state index in [9.17, 15) is 14.7 Å². The van der Waals surface area contributed by atoms with Crippen LogP contribution < -0.4 is 4.74 Å². The highest BCUT2D eigenvalue weighted by molar-refractivity contribution is 9.10. The predicted molar refractivity (Wildman–Crippen MR) is 148 cm³/mol. The van der Waals surface area contributed by atoms with Crippen LogP contribution in [0.4, 0.5) is 0 Å². The molecule has 1 heterocycles. The molecular weight excluding hydrogens is 532 g/mol. The van der Waals surface area contributed by atoms with E-state index in [1.165, 1.54) is 0 Å². The van der Waals surface area contributed by atoms with Gasteiger partial charge in [-0.15, -0.1) is 0 Å². The van der Waals surface area contributed by atoms with Crippen LogP contribution in [0.2, 0.25) is 0 Å². The summed E-state index contributed by atoms with van der Waals surface area (Å²) in [5.41, 5.74) is 2.39. The number of aliphatic hydroxyl groups is 1. The minimum atomic E-state index is -0.692. The molecule has 0 bridgehead atoms. The van der Waals surface area contributed by atoms with Crippen molar-refractivity contribution in [2.24, 2.45) is 0 Å². The van der Waals surface area contributed by atoms with Gasteiger partial charge in [0.05, 0.1) is 11.6 Å². The molecule has 0 radical (unpaired) electrons. The fourth-order valence-corrected chi connectivity index (χ4v) is 4.76. The number of likely N-dealkylation sites (N-methyl/N-ethyl adjacent to an activating group) is 1. The molecule has 0 aliphatic carbocycles. The van der Waals surface area contributed by atoms with Crippen LogP contribution in [-0.4, -0.2) is 52.8 Å². The Kier molecular flexibility index (Phi) is 8.79. The van der Waals surface area contributed by atoms with Crippen LogP contribution >= 0.6 is 15.9 Å². The second-order valence-electron chi connectivity index (χ2n) is 8.87. The molecule has 1 aliphatic heterocycles. The van der Waals surface area contributed by atoms with E-state index in [-0.39, 0.29) is 11.3 Å². The number of ketones is 1. The van der Waals surface area contributed by atoms with E-state index in [1.54, 1.807) is 29.2 Å². The van der Waals surface area contributed by atoms with E-state index in [2.05, 4.69) is 34.7 Å². The minimum absolute atomic E-state index is 0.102. The molecule has 6 nitrogen and oxygen atoms in total. The first-order valence-corrected chi connectivity index (χ1v) is 13.3. The van der Waals surface area contributed by atoms with Gasteiger partial charge in [0.15, 0.2) is 0 Å². The number of amides is 1. The molecule has 3 aromatic rings. The Labute approximate surface area is 226 Å². The fourth-order valence-electron chi connectivity index (χ4n) is 4.50. The standard InChI is InChI=1S/C30H31BrN2O4/c1-3-32(4-2)18-19-33-27(22-12-16-25(17-13-22)37-20-21-8-6-5-7-9-21)26(29(35)30(33)36)28(34)23-10-14-24(31)15-11-23/h5-17,27,34H,3-4,18-20H2,1-2H3. The summed E-state index contributed by atoms with van der Waals surface area (Å²) in [7, 11) is 0. The number of rotatable bonds is 10. The molecule has 192 valence electrons. The highest BCUT2D eigenvalue weighted by Crippen LogP contribution is 2.39. The van der Waals surface area contributed by atoms with Crippen molar-refractivity contribution in [3.63, 3.8) is 0 Å². The average molecular weight is 563 g/mol. The van der Waals surface area contributed by atoms with Gasteiger partial charge in [-0.2, -0.15) is 0 Å². The molecule has 0 spiro atoms. The topological polar surface area (TPSA) is 70.1 Å². The van der Waals surface area contributed by atoms with Gasteiger partial charge in [-0.05, 0) is 48.5 Å². The first-order chi connectivity index (χ1) is 17.9. The lowest BCUT2D eigenvalue weighted by atomic mass is 9.95. The van der Waals surface area contributed by atoms with Gasteiger partial charge in [0.2, 0.25) is 0 Å². The van der Waals surface area contributed by atoms with Crippen LogP contribution in [0.15, 0.2) is 88.9 Å². The number of hydrogen-bond acceptors (Lipinski definition) is 5. The Morgan fingerprint density at radius 3 is 2.22 bits per heavy atom. The summed E-state index contributed by atoms with van der Waals surface area (Å²) in [5.74, 6) is -0.763. The van der Waals surface area contributed by atoms with Crippen molar-refractivity contribution in [2.45, 2.75) is 26.5 Å². The molecule has 3 aromatic carbocycles. The summed E-state index contributed by atoms with van der Waals surface area (Å²) in [6.45, 7) is 7.27. The monoisotopic (exact) mass is 562 g/mol. The zero-order valence-corrected chi connectivity index (χ0v) is 22.6. The van der Waals surface area contributed by atoms with Crippen LogP contribution in [0.25, 0.3) is 5.76 Å². The molecule has 1 N–H and O–H groups in total. The number of likely N-dealkylation sites (tertiary alicyclic amines) is 1. The molecular formula is C30H31BrN2O4. The SMILES string of the molecule is CCN(CC)CCN1C(=O)C(=O)C(=C(O)c2ccc(Br)cc2)C1c1ccc(OCc2ccccc2)cc1. The summed E-state index contributed by atoms with van der Waals surface area (Å²) in [6, 6.07) is 23.6. The van der Waals surface area contributed by atoms with Crippen LogP contribution in [0, 0.1) is 0 Å². The smallest absolute Gasteiger partial charge is 0.295 e. The van der Waals surface area contributed by atoms with Crippen molar-refractivity contribution in [1.82, 2.24) is 9.80 Å². The number of halogens is 1. The minimum Gasteiger partial charge on any atom is -0.507 e. The molecule has 1 atom stereocenters. The van der Waals surface area contributed by atoms with E-state index in [1.807, 2.05) is 54.6 Å². The number of aliphatic hydroxyl groups excluding tert-OH is 1. The predicted octanol–water partition coefficient (Wildman–Crippen LogP) is 5.79. The maximum atomic E-state index is 13.2. The molecule has 7 heteroatoms. The molecule has 0 aromatic heterocycles. The molecule has 1 fully saturated rings. The number of carbonyl (C=O) groups excluding carboxylic acids is 2. The number of Topliss-reactive ketones (excluding diaryl/α,β-unsaturated/α-hetero) is 1. The highest BCUT2D eigenvalue weighted by Gasteiger charge is 2.45. The van der Waals surface area contributed by atoms with Crippen molar-refractivity contribution < 1.29 is 19.4 Å². The Bertz CT molecular complexity index is 1250. The van der Waals surface area contributed by atoms with E-state index in [0.29, 0.717) is 31.0 Å². The van der Waals surface area contributed by atoms with E-state index >= 15 is 0 Å². The Morgan fingerprint density at radius 1 is 0.946 bits per heavy atom. The molecule has 4 rings (SSSR count). The van der Waals surface area contributed by atoms with Gasteiger partial charge in [0.1, 0.15) is 18.1 Å². The second-order valence-corrected chi connectivity index (χ2v) is 9.79. The Morgan fingerprint density at radius 2 is 1.59 bits per heavy atom. The lowest BCUT2D eigenvalue weighted by Gasteiger charge is -2.28. The molecule has 0 saturated carbocycles. The van der Waals surface area contributed by atoms with Gasteiger partial charge in [0.25, 0.3) is 11.7 Å². The third-order valence-electron chi connectivity index (χ3n) is 6.65. The van der Waals surface area contributed by atoms with Crippen molar-refractivity contribution >= 4 is 33.4 Å². The lowest BCUT2D eigenvalue weighted by Crippen LogP contribution is -2.38. The van der Waals surface area contributed by atoms with E-state index < -0.39 is 17.7 Å². The maximum absolute atomic E-state index is 13.2. The van der Waals surface area contributed by atoms with E-state index in [4.69, 9.17) is 4.74 Å². The van der Waals surface area contributed by atoms with Gasteiger partial charge in [-0.1, -0.05) is 84.4 Å². The van der Waals surface area contributed by atoms with Gasteiger partial charge in [-0.25, -0.2) is 0 Å². The summed E-state index contributed by atoms with van der Waals surface area (Å²) in [5, 5.41) is 11.2. The Hall–Kier alpha value is -3.42. The number of carbonyl (C=O) groups is 2. The second kappa shape index (κ2) is 12.2. The Balaban J connectivity index is 1.67. The number of benzene rings is 3. The molecule has 37 heavy (non-hydrogen) atoms. The van der Waals surface area contributed by atoms with E-state index in [0.717, 1.165) is 28.7 Å². The zero-order chi connectivity index (χ0) is 26.4. The summed E-state index contributed by atoms with van der Waals surface area (Å²) in [4.78, 5) is 30.2. The van der Waals surface area contributed by atoms with Crippen molar-refractivity contribution in [3.8, 4) is 5.75 Å². The van der Waals surface area contributed by atoms with Gasteiger partial charge in [0, 0.05) is 23.1 Å². The highest BCUT2D eigenvalue weighted by atomic mass is 79.9. The third-order valence-corrected chi connectivity index (χ3v) is 7.18. The molecule has 1 aliphatic rings. The van der Waals surface area contributed by atoms with Crippen LogP contribution in [-0.2, 0) is 16.2 Å². The molecule has 1 amide bonds.